The van der Waals surface area contributed by atoms with Crippen molar-refractivity contribution in [1.29, 1.82) is 0 Å². The van der Waals surface area contributed by atoms with Crippen molar-refractivity contribution in [2.45, 2.75) is 149 Å². The number of carboxylic acids is 1. The van der Waals surface area contributed by atoms with Crippen molar-refractivity contribution in [2.24, 2.45) is 0 Å². The average Bonchev–Trinajstić information content (AvgIpc) is 3.44. The summed E-state index contributed by atoms with van der Waals surface area (Å²) >= 11 is 0. The summed E-state index contributed by atoms with van der Waals surface area (Å²) in [4.78, 5) is 36.5. The SMILES string of the molecule is CC(=O)N[C@H]1[C@H]([C@H](O)[C@H](O)CO)O[C@@](O[C@H]2[C@@H](O)[C@@H](CO)O[C@@H](OC[C@H]3OC(O)[C@H](NC(C)=O)[C@@H](O)[C@@H]3O[C@@H]3O[C@@H]([C@H](O)CO)[C@H](O)[C@H]3O)[C@@H]2O)(C(=O)O)C[C@@H]1O. The number of rotatable bonds is 16. The van der Waals surface area contributed by atoms with Crippen molar-refractivity contribution in [3.8, 4) is 0 Å². The van der Waals surface area contributed by atoms with E-state index in [1.165, 1.54) is 0 Å². The lowest BCUT2D eigenvalue weighted by Gasteiger charge is -2.50. The number of carbonyl (C=O) groups excluding carboxylic acids is 2. The van der Waals surface area contributed by atoms with E-state index >= 15 is 0 Å². The highest BCUT2D eigenvalue weighted by Crippen LogP contribution is 2.38. The predicted octanol–water partition coefficient (Wildman–Crippen LogP) is -10.3. The first kappa shape index (κ1) is 47.3. The molecule has 1 unspecified atom stereocenters. The van der Waals surface area contributed by atoms with Gasteiger partial charge in [-0.3, -0.25) is 9.59 Å². The topological polar surface area (TPSA) is 423 Å². The Balaban J connectivity index is 1.60. The molecule has 16 N–H and O–H groups in total. The van der Waals surface area contributed by atoms with E-state index in [-0.39, 0.29) is 0 Å². The fraction of sp³-hybridized carbons (Fsp3) is 0.903. The van der Waals surface area contributed by atoms with Gasteiger partial charge in [-0.25, -0.2) is 4.79 Å². The highest BCUT2D eigenvalue weighted by atomic mass is 16.8. The van der Waals surface area contributed by atoms with Crippen molar-refractivity contribution >= 4 is 17.8 Å². The smallest absolute Gasteiger partial charge is 0.364 e. The number of hydrogen-bond donors (Lipinski definition) is 16. The molecule has 0 aromatic rings. The summed E-state index contributed by atoms with van der Waals surface area (Å²) in [5, 5.41) is 151. The van der Waals surface area contributed by atoms with Crippen LogP contribution >= 0.6 is 0 Å². The fourth-order valence-electron chi connectivity index (χ4n) is 6.98. The molecular weight excluding hydrogens is 784 g/mol. The number of aliphatic carboxylic acids is 1. The summed E-state index contributed by atoms with van der Waals surface area (Å²) in [5.41, 5.74) is 0. The number of nitrogens with one attached hydrogen (secondary N) is 2. The van der Waals surface area contributed by atoms with E-state index in [1.54, 1.807) is 0 Å². The van der Waals surface area contributed by atoms with Crippen LogP contribution in [0.4, 0.5) is 0 Å². The molecule has 26 heteroatoms. The molecule has 21 atom stereocenters. The average molecular weight is 837 g/mol. The van der Waals surface area contributed by atoms with Gasteiger partial charge in [-0.2, -0.15) is 0 Å². The van der Waals surface area contributed by atoms with Gasteiger partial charge >= 0.3 is 5.97 Å². The first-order valence-electron chi connectivity index (χ1n) is 17.7. The Morgan fingerprint density at radius 2 is 1.37 bits per heavy atom. The van der Waals surface area contributed by atoms with Crippen LogP contribution in [0.25, 0.3) is 0 Å². The Labute approximate surface area is 322 Å². The third-order valence-corrected chi connectivity index (χ3v) is 9.94. The summed E-state index contributed by atoms with van der Waals surface area (Å²) in [7, 11) is 0. The van der Waals surface area contributed by atoms with Crippen LogP contribution in [0.3, 0.4) is 0 Å². The molecule has 0 aliphatic carbocycles. The number of carboxylic acid groups (broad SMARTS) is 1. The van der Waals surface area contributed by atoms with Crippen LogP contribution in [0.2, 0.25) is 0 Å². The third-order valence-electron chi connectivity index (χ3n) is 9.94. The molecule has 4 rings (SSSR count). The second kappa shape index (κ2) is 19.8. The van der Waals surface area contributed by atoms with Gasteiger partial charge in [-0.1, -0.05) is 0 Å². The molecule has 4 heterocycles. The van der Waals surface area contributed by atoms with E-state index in [4.69, 9.17) is 33.2 Å². The number of amides is 2. The Kier molecular flexibility index (Phi) is 16.4. The van der Waals surface area contributed by atoms with E-state index in [9.17, 15) is 85.9 Å². The molecule has 4 saturated heterocycles. The zero-order valence-electron chi connectivity index (χ0n) is 30.4. The van der Waals surface area contributed by atoms with Crippen molar-refractivity contribution in [2.75, 3.05) is 26.4 Å². The minimum Gasteiger partial charge on any atom is -0.477 e. The van der Waals surface area contributed by atoms with Crippen molar-refractivity contribution in [3.05, 3.63) is 0 Å². The zero-order valence-corrected chi connectivity index (χ0v) is 30.4. The molecule has 0 aromatic carbocycles. The molecule has 0 saturated carbocycles. The normalized spacial score (nSPS) is 44.2. The van der Waals surface area contributed by atoms with Gasteiger partial charge in [-0.05, 0) is 0 Å². The Morgan fingerprint density at radius 3 is 1.93 bits per heavy atom. The summed E-state index contributed by atoms with van der Waals surface area (Å²) < 4.78 is 38.9. The van der Waals surface area contributed by atoms with Crippen LogP contribution in [0, 0.1) is 0 Å². The first-order valence-corrected chi connectivity index (χ1v) is 17.7. The van der Waals surface area contributed by atoms with Crippen LogP contribution < -0.4 is 10.6 Å². The van der Waals surface area contributed by atoms with Gasteiger partial charge in [0, 0.05) is 20.3 Å². The van der Waals surface area contributed by atoms with Crippen molar-refractivity contribution in [1.82, 2.24) is 10.6 Å². The molecule has 2 amide bonds. The maximum Gasteiger partial charge on any atom is 0.364 e. The number of hydrogen-bond acceptors (Lipinski definition) is 23. The second-order valence-electron chi connectivity index (χ2n) is 14.1. The van der Waals surface area contributed by atoms with Gasteiger partial charge in [0.05, 0.1) is 38.6 Å². The lowest BCUT2D eigenvalue weighted by atomic mass is 9.88. The molecule has 0 spiro atoms. The van der Waals surface area contributed by atoms with E-state index in [1.807, 2.05) is 0 Å². The molecule has 330 valence electrons. The van der Waals surface area contributed by atoms with Gasteiger partial charge in [0.1, 0.15) is 91.5 Å². The molecule has 4 aliphatic rings. The van der Waals surface area contributed by atoms with Gasteiger partial charge in [0.2, 0.25) is 11.8 Å². The van der Waals surface area contributed by atoms with Gasteiger partial charge in [0.25, 0.3) is 5.79 Å². The minimum atomic E-state index is -3.09. The summed E-state index contributed by atoms with van der Waals surface area (Å²) in [6, 6.07) is -3.18. The number of ether oxygens (including phenoxy) is 7. The lowest BCUT2D eigenvalue weighted by Crippen LogP contribution is -2.70. The second-order valence-corrected chi connectivity index (χ2v) is 14.1. The number of carbonyl (C=O) groups is 3. The Bertz CT molecular complexity index is 1350. The Morgan fingerprint density at radius 1 is 0.737 bits per heavy atom. The molecule has 57 heavy (non-hydrogen) atoms. The van der Waals surface area contributed by atoms with E-state index in [0.717, 1.165) is 13.8 Å². The van der Waals surface area contributed by atoms with Gasteiger partial charge < -0.3 is 115 Å². The third kappa shape index (κ3) is 10.3. The molecule has 4 fully saturated rings. The van der Waals surface area contributed by atoms with Crippen LogP contribution in [0.1, 0.15) is 20.3 Å². The molecule has 0 bridgehead atoms. The number of aliphatic hydroxyl groups excluding tert-OH is 13. The molecular formula is C31H52N2O24. The maximum atomic E-state index is 12.8. The quantitative estimate of drug-likeness (QED) is 0.0686. The molecule has 26 nitrogen and oxygen atoms in total. The van der Waals surface area contributed by atoms with Gasteiger partial charge in [0.15, 0.2) is 18.9 Å². The summed E-state index contributed by atoms with van der Waals surface area (Å²) in [6.45, 7) is -1.80. The van der Waals surface area contributed by atoms with Crippen LogP contribution in [-0.2, 0) is 47.5 Å². The van der Waals surface area contributed by atoms with Crippen LogP contribution in [0.5, 0.6) is 0 Å². The van der Waals surface area contributed by atoms with E-state index in [0.29, 0.717) is 0 Å². The maximum absolute atomic E-state index is 12.8. The van der Waals surface area contributed by atoms with Crippen LogP contribution in [0.15, 0.2) is 0 Å². The molecule has 0 radical (unpaired) electrons. The zero-order chi connectivity index (χ0) is 42.7. The fourth-order valence-corrected chi connectivity index (χ4v) is 6.98. The minimum absolute atomic E-state index is 0.739. The van der Waals surface area contributed by atoms with E-state index < -0.39 is 179 Å². The summed E-state index contributed by atoms with van der Waals surface area (Å²) in [6.07, 6.45) is -35.4. The van der Waals surface area contributed by atoms with E-state index in [2.05, 4.69) is 10.6 Å². The predicted molar refractivity (Wildman–Crippen MR) is 174 cm³/mol. The summed E-state index contributed by atoms with van der Waals surface area (Å²) in [5.74, 6) is -6.62. The van der Waals surface area contributed by atoms with Crippen LogP contribution in [-0.4, -0.2) is 244 Å². The number of aliphatic hydroxyl groups is 13. The van der Waals surface area contributed by atoms with Crippen molar-refractivity contribution < 1.29 is 119 Å². The largest absolute Gasteiger partial charge is 0.477 e. The molecule has 4 aliphatic heterocycles. The molecule has 0 aromatic heterocycles. The highest BCUT2D eigenvalue weighted by Gasteiger charge is 2.60. The Hall–Kier alpha value is -2.39. The van der Waals surface area contributed by atoms with Gasteiger partial charge in [-0.15, -0.1) is 0 Å². The standard InChI is InChI=1S/C31H52N2O24/c1-8(37)32-15-10(39)3-31(30(49)50,56-25(15)17(42)11(40)4-34)57-26-18(43)13(6-36)53-28(22(26)47)51-7-14-24(19(44)16(27(48)52-14)33-9(2)38)55-29-21(46)20(45)23(54-29)12(41)5-35/h10-29,34-36,39-48H,3-7H2,1-2H3,(H,32,37)(H,33,38)(H,49,50)/t10-,11+,12+,13+,14+,15+,16+,17+,18-,19+,20+,21+,22+,23-,24+,25+,26-,27?,28+,29-,31-/m0/s1. The van der Waals surface area contributed by atoms with Crippen molar-refractivity contribution in [3.63, 3.8) is 0 Å². The first-order chi connectivity index (χ1) is 26.7. The highest BCUT2D eigenvalue weighted by molar-refractivity contribution is 5.76. The monoisotopic (exact) mass is 836 g/mol. The lowest BCUT2D eigenvalue weighted by molar-refractivity contribution is -0.373.